The first-order valence-corrected chi connectivity index (χ1v) is 8.21. The Bertz CT molecular complexity index is 798. The topological polar surface area (TPSA) is 49.4 Å². The monoisotopic (exact) mass is 412 g/mol. The van der Waals surface area contributed by atoms with E-state index in [2.05, 4.69) is 21.2 Å². The lowest BCUT2D eigenvalue weighted by Gasteiger charge is -2.18. The van der Waals surface area contributed by atoms with E-state index in [1.54, 1.807) is 6.07 Å². The van der Waals surface area contributed by atoms with Crippen molar-refractivity contribution in [3.63, 3.8) is 0 Å². The van der Waals surface area contributed by atoms with Crippen LogP contribution in [0.4, 0.5) is 10.1 Å². The van der Waals surface area contributed by atoms with E-state index < -0.39 is 11.7 Å². The fourth-order valence-electron chi connectivity index (χ4n) is 2.11. The third-order valence-corrected chi connectivity index (χ3v) is 4.16. The van der Waals surface area contributed by atoms with E-state index in [-0.39, 0.29) is 23.0 Å². The maximum absolute atomic E-state index is 13.1. The second-order valence-corrected chi connectivity index (χ2v) is 6.62. The smallest absolute Gasteiger partial charge is 0.255 e. The number of benzene rings is 2. The molecule has 0 aromatic heterocycles. The minimum atomic E-state index is -0.525. The van der Waals surface area contributed by atoms with Crippen molar-refractivity contribution in [3.8, 4) is 0 Å². The quantitative estimate of drug-likeness (QED) is 0.814. The summed E-state index contributed by atoms with van der Waals surface area (Å²) in [5.41, 5.74) is 1.71. The van der Waals surface area contributed by atoms with Crippen LogP contribution in [-0.2, 0) is 4.79 Å². The molecule has 0 fully saturated rings. The highest BCUT2D eigenvalue weighted by Gasteiger charge is 2.18. The molecule has 0 saturated heterocycles. The second kappa shape index (κ2) is 7.77. The number of amides is 2. The average Bonchev–Trinajstić information content (AvgIpc) is 2.49. The van der Waals surface area contributed by atoms with Crippen LogP contribution in [-0.4, -0.2) is 30.3 Å². The van der Waals surface area contributed by atoms with Gasteiger partial charge in [-0.2, -0.15) is 0 Å². The van der Waals surface area contributed by atoms with Crippen molar-refractivity contribution >= 4 is 45.0 Å². The average molecular weight is 414 g/mol. The van der Waals surface area contributed by atoms with E-state index in [1.165, 1.54) is 18.0 Å². The molecular weight excluding hydrogens is 399 g/mol. The van der Waals surface area contributed by atoms with Crippen molar-refractivity contribution < 1.29 is 14.0 Å². The maximum atomic E-state index is 13.1. The number of carbonyl (C=O) groups is 2. The summed E-state index contributed by atoms with van der Waals surface area (Å²) in [4.78, 5) is 25.7. The Hall–Kier alpha value is -1.92. The lowest BCUT2D eigenvalue weighted by molar-refractivity contribution is -0.116. The zero-order valence-electron chi connectivity index (χ0n) is 13.1. The molecule has 0 bridgehead atoms. The Morgan fingerprint density at radius 3 is 2.58 bits per heavy atom. The Balaban J connectivity index is 2.04. The van der Waals surface area contributed by atoms with Crippen molar-refractivity contribution in [1.82, 2.24) is 4.90 Å². The van der Waals surface area contributed by atoms with Crippen molar-refractivity contribution in [2.75, 3.05) is 18.9 Å². The van der Waals surface area contributed by atoms with Crippen LogP contribution >= 0.6 is 27.5 Å². The van der Waals surface area contributed by atoms with E-state index >= 15 is 0 Å². The molecule has 2 rings (SSSR count). The van der Waals surface area contributed by atoms with Gasteiger partial charge in [-0.05, 0) is 48.9 Å². The van der Waals surface area contributed by atoms with Crippen LogP contribution in [0.3, 0.4) is 0 Å². The third kappa shape index (κ3) is 4.55. The highest BCUT2D eigenvalue weighted by Crippen LogP contribution is 2.21. The van der Waals surface area contributed by atoms with E-state index in [1.807, 2.05) is 19.1 Å². The number of carbonyl (C=O) groups excluding carboxylic acids is 2. The molecule has 0 spiro atoms. The number of rotatable bonds is 4. The molecule has 1 N–H and O–H groups in total. The first-order chi connectivity index (χ1) is 11.3. The number of aryl methyl sites for hydroxylation is 1. The number of hydrogen-bond acceptors (Lipinski definition) is 2. The molecule has 4 nitrogen and oxygen atoms in total. The highest BCUT2D eigenvalue weighted by atomic mass is 79.9. The summed E-state index contributed by atoms with van der Waals surface area (Å²) in [5, 5.41) is 2.76. The Kier molecular flexibility index (Phi) is 5.96. The predicted octanol–water partition coefficient (Wildman–Crippen LogP) is 4.26. The van der Waals surface area contributed by atoms with Gasteiger partial charge in [0.1, 0.15) is 5.82 Å². The van der Waals surface area contributed by atoms with Gasteiger partial charge in [-0.25, -0.2) is 4.39 Å². The van der Waals surface area contributed by atoms with Crippen molar-refractivity contribution in [1.29, 1.82) is 0 Å². The lowest BCUT2D eigenvalue weighted by atomic mass is 10.2. The SMILES string of the molecule is Cc1cc(Br)ccc1NC(=O)CN(C)C(=O)c1ccc(F)cc1Cl. The molecule has 2 aromatic carbocycles. The van der Waals surface area contributed by atoms with Gasteiger partial charge < -0.3 is 10.2 Å². The number of anilines is 1. The van der Waals surface area contributed by atoms with Crippen LogP contribution in [0, 0.1) is 12.7 Å². The summed E-state index contributed by atoms with van der Waals surface area (Å²) in [6.07, 6.45) is 0. The Morgan fingerprint density at radius 1 is 1.25 bits per heavy atom. The van der Waals surface area contributed by atoms with Crippen LogP contribution in [0.25, 0.3) is 0 Å². The number of halogens is 3. The zero-order chi connectivity index (χ0) is 17.9. The minimum Gasteiger partial charge on any atom is -0.332 e. The van der Waals surface area contributed by atoms with Gasteiger partial charge in [-0.3, -0.25) is 9.59 Å². The first-order valence-electron chi connectivity index (χ1n) is 7.04. The molecule has 0 unspecified atom stereocenters. The standard InChI is InChI=1S/C17H15BrClFN2O2/c1-10-7-11(18)3-6-15(10)21-16(23)9-22(2)17(24)13-5-4-12(20)8-14(13)19/h3-8H,9H2,1-2H3,(H,21,23). The molecule has 0 atom stereocenters. The van der Waals surface area contributed by atoms with Gasteiger partial charge in [-0.15, -0.1) is 0 Å². The van der Waals surface area contributed by atoms with Crippen LogP contribution in [0.5, 0.6) is 0 Å². The second-order valence-electron chi connectivity index (χ2n) is 5.29. The summed E-state index contributed by atoms with van der Waals surface area (Å²) in [7, 11) is 1.48. The Labute approximate surface area is 152 Å². The van der Waals surface area contributed by atoms with Gasteiger partial charge >= 0.3 is 0 Å². The summed E-state index contributed by atoms with van der Waals surface area (Å²) >= 11 is 9.23. The molecule has 0 aliphatic carbocycles. The molecule has 0 radical (unpaired) electrons. The summed E-state index contributed by atoms with van der Waals surface area (Å²) in [6, 6.07) is 8.98. The normalized spacial score (nSPS) is 10.4. The number of nitrogens with one attached hydrogen (secondary N) is 1. The number of nitrogens with zero attached hydrogens (tertiary/aromatic N) is 1. The molecule has 0 aliphatic heterocycles. The van der Waals surface area contributed by atoms with Gasteiger partial charge in [0.15, 0.2) is 0 Å². The maximum Gasteiger partial charge on any atom is 0.255 e. The molecule has 2 aromatic rings. The van der Waals surface area contributed by atoms with Crippen LogP contribution < -0.4 is 5.32 Å². The van der Waals surface area contributed by atoms with E-state index in [0.29, 0.717) is 5.69 Å². The summed E-state index contributed by atoms with van der Waals surface area (Å²) < 4.78 is 14.0. The van der Waals surface area contributed by atoms with Crippen LogP contribution in [0.15, 0.2) is 40.9 Å². The Morgan fingerprint density at radius 2 is 1.96 bits per heavy atom. The zero-order valence-corrected chi connectivity index (χ0v) is 15.4. The fourth-order valence-corrected chi connectivity index (χ4v) is 2.84. The van der Waals surface area contributed by atoms with Crippen LogP contribution in [0.1, 0.15) is 15.9 Å². The van der Waals surface area contributed by atoms with E-state index in [9.17, 15) is 14.0 Å². The number of hydrogen-bond donors (Lipinski definition) is 1. The van der Waals surface area contributed by atoms with Gasteiger partial charge in [0.05, 0.1) is 17.1 Å². The summed E-state index contributed by atoms with van der Waals surface area (Å²) in [5.74, 6) is -1.32. The number of likely N-dealkylation sites (N-methyl/N-ethyl adjacent to an activating group) is 1. The molecule has 2 amide bonds. The van der Waals surface area contributed by atoms with Gasteiger partial charge in [-0.1, -0.05) is 27.5 Å². The van der Waals surface area contributed by atoms with Crippen LogP contribution in [0.2, 0.25) is 5.02 Å². The van der Waals surface area contributed by atoms with Gasteiger partial charge in [0.25, 0.3) is 5.91 Å². The van der Waals surface area contributed by atoms with Gasteiger partial charge in [0, 0.05) is 17.2 Å². The lowest BCUT2D eigenvalue weighted by Crippen LogP contribution is -2.35. The molecule has 0 saturated carbocycles. The molecule has 24 heavy (non-hydrogen) atoms. The molecule has 0 heterocycles. The minimum absolute atomic E-state index is 0.0102. The first kappa shape index (κ1) is 18.4. The van der Waals surface area contributed by atoms with E-state index in [4.69, 9.17) is 11.6 Å². The fraction of sp³-hybridized carbons (Fsp3) is 0.176. The predicted molar refractivity (Wildman–Crippen MR) is 95.9 cm³/mol. The third-order valence-electron chi connectivity index (χ3n) is 3.35. The van der Waals surface area contributed by atoms with Crippen molar-refractivity contribution in [2.45, 2.75) is 6.92 Å². The highest BCUT2D eigenvalue weighted by molar-refractivity contribution is 9.10. The molecular formula is C17H15BrClFN2O2. The molecule has 7 heteroatoms. The largest absolute Gasteiger partial charge is 0.332 e. The molecule has 0 aliphatic rings. The molecule has 126 valence electrons. The van der Waals surface area contributed by atoms with Crippen molar-refractivity contribution in [2.24, 2.45) is 0 Å². The van der Waals surface area contributed by atoms with Crippen molar-refractivity contribution in [3.05, 3.63) is 62.8 Å². The van der Waals surface area contributed by atoms with Gasteiger partial charge in [0.2, 0.25) is 5.91 Å². The summed E-state index contributed by atoms with van der Waals surface area (Å²) in [6.45, 7) is 1.72. The van der Waals surface area contributed by atoms with E-state index in [0.717, 1.165) is 22.2 Å².